The van der Waals surface area contributed by atoms with Crippen molar-refractivity contribution >= 4 is 10.9 Å². The fourth-order valence-corrected chi connectivity index (χ4v) is 3.18. The first-order valence-electron chi connectivity index (χ1n) is 10.8. The number of pyridine rings is 1. The number of nitrogens with zero attached hydrogens (tertiary/aromatic N) is 1. The van der Waals surface area contributed by atoms with E-state index in [9.17, 15) is 9.90 Å². The monoisotopic (exact) mass is 389 g/mol. The summed E-state index contributed by atoms with van der Waals surface area (Å²) in [6.45, 7) is 8.04. The number of unbranched alkanes of at least 4 members (excludes halogenated alkanes) is 5. The molecule has 1 aromatic carbocycles. The minimum atomic E-state index is -0.261. The molecular weight excluding hydrogens is 354 g/mol. The van der Waals surface area contributed by atoms with Gasteiger partial charge in [0, 0.05) is 18.0 Å². The zero-order valence-corrected chi connectivity index (χ0v) is 17.6. The van der Waals surface area contributed by atoms with E-state index in [0.717, 1.165) is 57.1 Å². The van der Waals surface area contributed by atoms with Crippen LogP contribution in [0.1, 0.15) is 72.1 Å². The molecule has 0 radical (unpaired) electrons. The minimum absolute atomic E-state index is 0.0658. The number of hydrogen-bond donors (Lipinski definition) is 1. The molecule has 5 heteroatoms. The van der Waals surface area contributed by atoms with Crippen LogP contribution in [0.4, 0.5) is 0 Å². The normalized spacial score (nSPS) is 11.1. The zero-order chi connectivity index (χ0) is 20.4. The second-order valence-corrected chi connectivity index (χ2v) is 7.28. The molecule has 2 rings (SSSR count). The van der Waals surface area contributed by atoms with E-state index in [2.05, 4.69) is 20.8 Å². The fourth-order valence-electron chi connectivity index (χ4n) is 3.18. The number of aromatic nitrogens is 1. The number of aryl methyl sites for hydroxylation is 1. The van der Waals surface area contributed by atoms with Crippen molar-refractivity contribution < 1.29 is 14.6 Å². The fraction of sp³-hybridized carbons (Fsp3) is 0.609. The third kappa shape index (κ3) is 5.66. The Morgan fingerprint density at radius 1 is 0.893 bits per heavy atom. The van der Waals surface area contributed by atoms with E-state index in [1.165, 1.54) is 0 Å². The van der Waals surface area contributed by atoms with Crippen molar-refractivity contribution in [1.29, 1.82) is 0 Å². The summed E-state index contributed by atoms with van der Waals surface area (Å²) < 4.78 is 13.2. The highest BCUT2D eigenvalue weighted by Crippen LogP contribution is 2.33. The topological polar surface area (TPSA) is 60.7 Å². The molecule has 0 aliphatic rings. The van der Waals surface area contributed by atoms with Gasteiger partial charge in [0.1, 0.15) is 5.75 Å². The number of hydrogen-bond acceptors (Lipinski definition) is 4. The first-order chi connectivity index (χ1) is 13.6. The Kier molecular flexibility index (Phi) is 9.18. The van der Waals surface area contributed by atoms with Crippen LogP contribution >= 0.6 is 0 Å². The van der Waals surface area contributed by atoms with Gasteiger partial charge in [-0.3, -0.25) is 4.79 Å². The average molecular weight is 390 g/mol. The van der Waals surface area contributed by atoms with Crippen molar-refractivity contribution in [3.05, 3.63) is 28.6 Å². The highest BCUT2D eigenvalue weighted by atomic mass is 16.5. The Labute approximate surface area is 168 Å². The molecule has 0 aliphatic heterocycles. The highest BCUT2D eigenvalue weighted by Gasteiger charge is 2.18. The summed E-state index contributed by atoms with van der Waals surface area (Å²) in [5.74, 6) is 0.721. The molecule has 2 aromatic rings. The summed E-state index contributed by atoms with van der Waals surface area (Å²) in [7, 11) is 0. The second-order valence-electron chi connectivity index (χ2n) is 7.28. The van der Waals surface area contributed by atoms with Crippen LogP contribution in [0.3, 0.4) is 0 Å². The van der Waals surface area contributed by atoms with Crippen molar-refractivity contribution in [3.63, 3.8) is 0 Å². The lowest BCUT2D eigenvalue weighted by Crippen LogP contribution is -2.23. The van der Waals surface area contributed by atoms with Crippen LogP contribution in [0.25, 0.3) is 10.9 Å². The SMILES string of the molecule is CCCCCCn1c(=O)c(OCCCC)c(O)c2ccc(OCCCC)cc21. The molecule has 0 fully saturated rings. The molecule has 0 aliphatic carbocycles. The molecule has 1 aromatic heterocycles. The molecular formula is C23H35NO4. The third-order valence-electron chi connectivity index (χ3n) is 4.92. The first-order valence-corrected chi connectivity index (χ1v) is 10.8. The molecule has 0 atom stereocenters. The van der Waals surface area contributed by atoms with Crippen LogP contribution in [0.15, 0.2) is 23.0 Å². The Hall–Kier alpha value is -2.17. The quantitative estimate of drug-likeness (QED) is 0.450. The third-order valence-corrected chi connectivity index (χ3v) is 4.92. The van der Waals surface area contributed by atoms with E-state index in [-0.39, 0.29) is 17.1 Å². The van der Waals surface area contributed by atoms with Gasteiger partial charge in [-0.05, 0) is 31.4 Å². The van der Waals surface area contributed by atoms with E-state index in [0.29, 0.717) is 30.7 Å². The van der Waals surface area contributed by atoms with Crippen molar-refractivity contribution in [1.82, 2.24) is 4.57 Å². The van der Waals surface area contributed by atoms with Crippen LogP contribution in [0.2, 0.25) is 0 Å². The summed E-state index contributed by atoms with van der Waals surface area (Å²) in [6, 6.07) is 5.53. The molecule has 156 valence electrons. The maximum Gasteiger partial charge on any atom is 0.297 e. The molecule has 0 bridgehead atoms. The summed E-state index contributed by atoms with van der Waals surface area (Å²) in [6.07, 6.45) is 8.15. The zero-order valence-electron chi connectivity index (χ0n) is 17.6. The average Bonchev–Trinajstić information content (AvgIpc) is 2.70. The molecule has 0 amide bonds. The van der Waals surface area contributed by atoms with Gasteiger partial charge in [-0.25, -0.2) is 0 Å². The lowest BCUT2D eigenvalue weighted by atomic mass is 10.1. The molecule has 5 nitrogen and oxygen atoms in total. The molecule has 1 N–H and O–H groups in total. The lowest BCUT2D eigenvalue weighted by Gasteiger charge is -2.16. The summed E-state index contributed by atoms with van der Waals surface area (Å²) in [4.78, 5) is 13.1. The smallest absolute Gasteiger partial charge is 0.297 e. The maximum absolute atomic E-state index is 13.1. The standard InChI is InChI=1S/C23H35NO4/c1-4-7-10-11-14-24-20-17-18(27-15-8-5-2)12-13-19(20)21(25)22(23(24)26)28-16-9-6-3/h12-13,17,25H,4-11,14-16H2,1-3H3. The predicted octanol–water partition coefficient (Wildman–Crippen LogP) is 5.65. The first kappa shape index (κ1) is 22.1. The van der Waals surface area contributed by atoms with Gasteiger partial charge in [-0.15, -0.1) is 0 Å². The molecule has 0 saturated heterocycles. The molecule has 0 unspecified atom stereocenters. The van der Waals surface area contributed by atoms with E-state index in [1.54, 1.807) is 4.57 Å². The van der Waals surface area contributed by atoms with Crippen LogP contribution in [0.5, 0.6) is 17.2 Å². The van der Waals surface area contributed by atoms with Crippen molar-refractivity contribution in [2.75, 3.05) is 13.2 Å². The number of aromatic hydroxyl groups is 1. The van der Waals surface area contributed by atoms with Gasteiger partial charge in [-0.1, -0.05) is 52.9 Å². The number of fused-ring (bicyclic) bond motifs is 1. The Morgan fingerprint density at radius 3 is 2.25 bits per heavy atom. The van der Waals surface area contributed by atoms with Gasteiger partial charge < -0.3 is 19.1 Å². The van der Waals surface area contributed by atoms with E-state index < -0.39 is 0 Å². The number of ether oxygens (including phenoxy) is 2. The summed E-state index contributed by atoms with van der Waals surface area (Å²) in [5, 5.41) is 11.3. The van der Waals surface area contributed by atoms with Crippen molar-refractivity contribution in [2.45, 2.75) is 78.7 Å². The van der Waals surface area contributed by atoms with Crippen molar-refractivity contribution in [2.24, 2.45) is 0 Å². The highest BCUT2D eigenvalue weighted by molar-refractivity contribution is 5.88. The van der Waals surface area contributed by atoms with Gasteiger partial charge in [0.05, 0.1) is 18.7 Å². The van der Waals surface area contributed by atoms with Crippen LogP contribution < -0.4 is 15.0 Å². The van der Waals surface area contributed by atoms with E-state index >= 15 is 0 Å². The second kappa shape index (κ2) is 11.6. The largest absolute Gasteiger partial charge is 0.504 e. The van der Waals surface area contributed by atoms with Gasteiger partial charge in [0.25, 0.3) is 5.56 Å². The molecule has 0 saturated carbocycles. The number of benzene rings is 1. The molecule has 1 heterocycles. The van der Waals surface area contributed by atoms with Crippen LogP contribution in [-0.4, -0.2) is 22.9 Å². The molecule has 28 heavy (non-hydrogen) atoms. The van der Waals surface area contributed by atoms with Gasteiger partial charge >= 0.3 is 0 Å². The Balaban J connectivity index is 2.43. The van der Waals surface area contributed by atoms with Gasteiger partial charge in [0.2, 0.25) is 5.75 Å². The minimum Gasteiger partial charge on any atom is -0.504 e. The van der Waals surface area contributed by atoms with Crippen LogP contribution in [0, 0.1) is 0 Å². The lowest BCUT2D eigenvalue weighted by molar-refractivity contribution is 0.287. The van der Waals surface area contributed by atoms with Gasteiger partial charge in [-0.2, -0.15) is 0 Å². The van der Waals surface area contributed by atoms with Gasteiger partial charge in [0.15, 0.2) is 5.75 Å². The van der Waals surface area contributed by atoms with E-state index in [4.69, 9.17) is 9.47 Å². The summed E-state index contributed by atoms with van der Waals surface area (Å²) in [5.41, 5.74) is 0.444. The predicted molar refractivity (Wildman–Crippen MR) is 115 cm³/mol. The van der Waals surface area contributed by atoms with Crippen molar-refractivity contribution in [3.8, 4) is 17.2 Å². The molecule has 0 spiro atoms. The maximum atomic E-state index is 13.1. The Morgan fingerprint density at radius 2 is 1.57 bits per heavy atom. The number of rotatable bonds is 13. The van der Waals surface area contributed by atoms with Crippen LogP contribution in [-0.2, 0) is 6.54 Å². The Bertz CT molecular complexity index is 797. The summed E-state index contributed by atoms with van der Waals surface area (Å²) >= 11 is 0. The van der Waals surface area contributed by atoms with E-state index in [1.807, 2.05) is 18.2 Å².